The summed E-state index contributed by atoms with van der Waals surface area (Å²) in [5.41, 5.74) is 2.60. The monoisotopic (exact) mass is 350 g/mol. The van der Waals surface area contributed by atoms with Crippen LogP contribution in [0.1, 0.15) is 0 Å². The molecule has 0 aliphatic rings. The van der Waals surface area contributed by atoms with Crippen LogP contribution >= 0.6 is 34.5 Å². The molecule has 6 heteroatoms. The number of halogens is 2. The Morgan fingerprint density at radius 1 is 1.09 bits per heavy atom. The number of aromatic nitrogens is 1. The van der Waals surface area contributed by atoms with E-state index in [1.54, 1.807) is 19.2 Å². The molecule has 0 amide bonds. The van der Waals surface area contributed by atoms with Crippen LogP contribution < -0.4 is 9.54 Å². The molecule has 0 saturated heterocycles. The first-order valence-corrected chi connectivity index (χ1v) is 8.09. The highest BCUT2D eigenvalue weighted by atomic mass is 35.5. The van der Waals surface area contributed by atoms with Gasteiger partial charge in [-0.05, 0) is 30.3 Å². The molecule has 0 atom stereocenters. The summed E-state index contributed by atoms with van der Waals surface area (Å²) in [6.45, 7) is 0. The number of para-hydroxylation sites is 1. The Morgan fingerprint density at radius 3 is 2.59 bits per heavy atom. The maximum atomic E-state index is 8.19. The third-order valence-corrected chi connectivity index (χ3v) is 4.76. The van der Waals surface area contributed by atoms with Crippen LogP contribution in [0.2, 0.25) is 10.0 Å². The Balaban J connectivity index is 2.24. The maximum absolute atomic E-state index is 8.19. The Hall–Kier alpha value is -1.75. The number of nitrogens with one attached hydrogen (secondary N) is 1. The molecule has 1 heterocycles. The highest BCUT2D eigenvalue weighted by Crippen LogP contribution is 2.32. The first kappa shape index (κ1) is 15.2. The average molecular weight is 351 g/mol. The van der Waals surface area contributed by atoms with Crippen LogP contribution in [0.3, 0.4) is 0 Å². The summed E-state index contributed by atoms with van der Waals surface area (Å²) in [7, 11) is 1.64. The third kappa shape index (κ3) is 2.65. The number of hydrogen-bond acceptors (Lipinski definition) is 3. The summed E-state index contributed by atoms with van der Waals surface area (Å²) in [5, 5.41) is 11.1. The largest absolute Gasteiger partial charge is 0.496 e. The van der Waals surface area contributed by atoms with E-state index in [9.17, 15) is 0 Å². The predicted octanol–water partition coefficient (Wildman–Crippen LogP) is 5.00. The van der Waals surface area contributed by atoms with Crippen molar-refractivity contribution < 1.29 is 4.74 Å². The highest BCUT2D eigenvalue weighted by molar-refractivity contribution is 7.07. The fraction of sp³-hybridized carbons (Fsp3) is 0.0625. The third-order valence-electron chi connectivity index (χ3n) is 3.27. The molecule has 0 radical (unpaired) electrons. The second-order valence-electron chi connectivity index (χ2n) is 4.56. The van der Waals surface area contributed by atoms with Gasteiger partial charge in [0, 0.05) is 10.9 Å². The average Bonchev–Trinajstić information content (AvgIpc) is 2.91. The van der Waals surface area contributed by atoms with Gasteiger partial charge in [-0.3, -0.25) is 9.98 Å². The van der Waals surface area contributed by atoms with Crippen molar-refractivity contribution in [2.75, 3.05) is 7.11 Å². The Morgan fingerprint density at radius 2 is 1.86 bits per heavy atom. The van der Waals surface area contributed by atoms with Gasteiger partial charge in [0.25, 0.3) is 0 Å². The lowest BCUT2D eigenvalue weighted by molar-refractivity contribution is 0.416. The molecule has 112 valence electrons. The van der Waals surface area contributed by atoms with Crippen molar-refractivity contribution in [3.8, 4) is 22.7 Å². The smallest absolute Gasteiger partial charge is 0.187 e. The van der Waals surface area contributed by atoms with Crippen LogP contribution in [0.4, 0.5) is 0 Å². The van der Waals surface area contributed by atoms with Gasteiger partial charge in [-0.15, -0.1) is 11.3 Å². The van der Waals surface area contributed by atoms with Gasteiger partial charge < -0.3 is 4.74 Å². The minimum Gasteiger partial charge on any atom is -0.496 e. The lowest BCUT2D eigenvalue weighted by atomic mass is 10.1. The Bertz CT molecular complexity index is 886. The molecular formula is C16H12Cl2N2OS. The van der Waals surface area contributed by atoms with Gasteiger partial charge in [0.2, 0.25) is 0 Å². The summed E-state index contributed by atoms with van der Waals surface area (Å²) < 4.78 is 7.25. The van der Waals surface area contributed by atoms with Crippen LogP contribution in [0.5, 0.6) is 5.75 Å². The van der Waals surface area contributed by atoms with Gasteiger partial charge in [0.1, 0.15) is 5.75 Å². The van der Waals surface area contributed by atoms with E-state index >= 15 is 0 Å². The molecule has 2 aromatic carbocycles. The summed E-state index contributed by atoms with van der Waals surface area (Å²) in [6.07, 6.45) is 0. The highest BCUT2D eigenvalue weighted by Gasteiger charge is 2.13. The summed E-state index contributed by atoms with van der Waals surface area (Å²) in [5.74, 6) is 0.758. The lowest BCUT2D eigenvalue weighted by Crippen LogP contribution is -2.12. The van der Waals surface area contributed by atoms with Crippen molar-refractivity contribution in [2.24, 2.45) is 0 Å². The first-order valence-electron chi connectivity index (χ1n) is 6.46. The van der Waals surface area contributed by atoms with E-state index in [2.05, 4.69) is 0 Å². The van der Waals surface area contributed by atoms with Crippen molar-refractivity contribution in [1.29, 1.82) is 5.41 Å². The van der Waals surface area contributed by atoms with Crippen LogP contribution in [-0.2, 0) is 0 Å². The van der Waals surface area contributed by atoms with E-state index in [1.165, 1.54) is 11.3 Å². The van der Waals surface area contributed by atoms with Gasteiger partial charge in [-0.25, -0.2) is 0 Å². The van der Waals surface area contributed by atoms with Crippen molar-refractivity contribution in [3.63, 3.8) is 0 Å². The summed E-state index contributed by atoms with van der Waals surface area (Å²) >= 11 is 13.4. The number of rotatable bonds is 3. The lowest BCUT2D eigenvalue weighted by Gasteiger charge is -2.12. The number of nitrogens with zero attached hydrogens (tertiary/aromatic N) is 1. The normalized spacial score (nSPS) is 10.7. The SMILES string of the molecule is COc1ccccc1-c1csc(=N)n1-c1ccc(Cl)c(Cl)c1. The minimum atomic E-state index is 0.402. The van der Waals surface area contributed by atoms with Crippen molar-refractivity contribution in [3.05, 3.63) is 62.7 Å². The van der Waals surface area contributed by atoms with E-state index in [4.69, 9.17) is 33.3 Å². The van der Waals surface area contributed by atoms with Crippen molar-refractivity contribution >= 4 is 34.5 Å². The summed E-state index contributed by atoms with van der Waals surface area (Å²) in [6, 6.07) is 13.1. The van der Waals surface area contributed by atoms with Gasteiger partial charge in [-0.2, -0.15) is 0 Å². The summed E-state index contributed by atoms with van der Waals surface area (Å²) in [4.78, 5) is 0.402. The minimum absolute atomic E-state index is 0.402. The van der Waals surface area contributed by atoms with E-state index in [1.807, 2.05) is 40.3 Å². The molecule has 0 fully saturated rings. The first-order chi connectivity index (χ1) is 10.6. The number of thiazole rings is 1. The van der Waals surface area contributed by atoms with Crippen LogP contribution in [0.15, 0.2) is 47.8 Å². The van der Waals surface area contributed by atoms with Crippen LogP contribution in [0, 0.1) is 5.41 Å². The van der Waals surface area contributed by atoms with Gasteiger partial charge >= 0.3 is 0 Å². The number of ether oxygens (including phenoxy) is 1. The fourth-order valence-corrected chi connectivity index (χ4v) is 3.30. The number of benzene rings is 2. The van der Waals surface area contributed by atoms with E-state index < -0.39 is 0 Å². The number of methoxy groups -OCH3 is 1. The zero-order chi connectivity index (χ0) is 15.7. The quantitative estimate of drug-likeness (QED) is 0.708. The molecule has 22 heavy (non-hydrogen) atoms. The zero-order valence-electron chi connectivity index (χ0n) is 11.6. The van der Waals surface area contributed by atoms with Gasteiger partial charge in [0.15, 0.2) is 4.80 Å². The standard InChI is InChI=1S/C16H12Cl2N2OS/c1-21-15-5-3-2-4-11(15)14-9-22-16(19)20(14)10-6-7-12(17)13(18)8-10/h2-9,19H,1H3. The molecule has 3 nitrogen and oxygen atoms in total. The molecular weight excluding hydrogens is 339 g/mol. The Kier molecular flexibility index (Phi) is 4.25. The van der Waals surface area contributed by atoms with Crippen LogP contribution in [0.25, 0.3) is 16.9 Å². The van der Waals surface area contributed by atoms with E-state index in [0.717, 1.165) is 22.7 Å². The topological polar surface area (TPSA) is 38.0 Å². The second-order valence-corrected chi connectivity index (χ2v) is 6.23. The second kappa shape index (κ2) is 6.16. The molecule has 1 N–H and O–H groups in total. The molecule has 0 bridgehead atoms. The van der Waals surface area contributed by atoms with Crippen LogP contribution in [-0.4, -0.2) is 11.7 Å². The predicted molar refractivity (Wildman–Crippen MR) is 91.5 cm³/mol. The molecule has 0 saturated carbocycles. The molecule has 0 aliphatic carbocycles. The fourth-order valence-electron chi connectivity index (χ4n) is 2.25. The molecule has 3 aromatic rings. The molecule has 0 aliphatic heterocycles. The molecule has 1 aromatic heterocycles. The van der Waals surface area contributed by atoms with Gasteiger partial charge in [0.05, 0.1) is 28.5 Å². The van der Waals surface area contributed by atoms with Crippen molar-refractivity contribution in [1.82, 2.24) is 4.57 Å². The van der Waals surface area contributed by atoms with E-state index in [-0.39, 0.29) is 0 Å². The van der Waals surface area contributed by atoms with Gasteiger partial charge in [-0.1, -0.05) is 35.3 Å². The van der Waals surface area contributed by atoms with E-state index in [0.29, 0.717) is 14.8 Å². The van der Waals surface area contributed by atoms with Crippen molar-refractivity contribution in [2.45, 2.75) is 0 Å². The molecule has 3 rings (SSSR count). The molecule has 0 unspecified atom stereocenters. The Labute approximate surface area is 141 Å². The molecule has 0 spiro atoms. The maximum Gasteiger partial charge on any atom is 0.187 e. The number of hydrogen-bond donors (Lipinski definition) is 1. The zero-order valence-corrected chi connectivity index (χ0v) is 14.0.